The average Bonchev–Trinajstić information content (AvgIpc) is 2.21. The molecule has 1 aliphatic rings. The highest BCUT2D eigenvalue weighted by Crippen LogP contribution is 2.17. The second-order valence-electron chi connectivity index (χ2n) is 3.71. The summed E-state index contributed by atoms with van der Waals surface area (Å²) < 4.78 is 10.4. The van der Waals surface area contributed by atoms with Gasteiger partial charge in [-0.15, -0.1) is 0 Å². The molecule has 0 aliphatic carbocycles. The lowest BCUT2D eigenvalue weighted by molar-refractivity contribution is -0.120. The van der Waals surface area contributed by atoms with Crippen LogP contribution in [-0.2, 0) is 9.47 Å². The third kappa shape index (κ3) is 3.77. The van der Waals surface area contributed by atoms with Crippen molar-refractivity contribution in [3.05, 3.63) is 0 Å². The van der Waals surface area contributed by atoms with E-state index in [1.165, 1.54) is 24.3 Å². The molecule has 0 aromatic heterocycles. The molecule has 1 heterocycles. The molecule has 0 radical (unpaired) electrons. The zero-order valence-electron chi connectivity index (χ0n) is 9.29. The Labute approximate surface area is 90.9 Å². The molecule has 0 amide bonds. The first-order valence-electron chi connectivity index (χ1n) is 5.17. The third-order valence-corrected chi connectivity index (χ3v) is 3.75. The van der Waals surface area contributed by atoms with Crippen molar-refractivity contribution in [1.29, 1.82) is 0 Å². The van der Waals surface area contributed by atoms with Crippen LogP contribution in [0.2, 0.25) is 0 Å². The van der Waals surface area contributed by atoms with Gasteiger partial charge in [-0.1, -0.05) is 0 Å². The van der Waals surface area contributed by atoms with E-state index in [1.807, 2.05) is 11.8 Å². The molecule has 0 spiro atoms. The van der Waals surface area contributed by atoms with Gasteiger partial charge in [0.15, 0.2) is 6.29 Å². The van der Waals surface area contributed by atoms with Crippen LogP contribution in [0.5, 0.6) is 0 Å². The molecule has 1 saturated heterocycles. The fourth-order valence-corrected chi connectivity index (χ4v) is 2.91. The van der Waals surface area contributed by atoms with E-state index in [1.54, 1.807) is 14.2 Å². The standard InChI is InChI=1S/C10H21NO2S/c1-8(10(12-2)13-3)11-9-5-4-6-14-7-9/h8-11H,4-7H2,1-3H3. The zero-order chi connectivity index (χ0) is 10.4. The summed E-state index contributed by atoms with van der Waals surface area (Å²) in [7, 11) is 3.37. The van der Waals surface area contributed by atoms with E-state index in [0.717, 1.165) is 0 Å². The van der Waals surface area contributed by atoms with Gasteiger partial charge in [0.05, 0.1) is 6.04 Å². The molecule has 1 fully saturated rings. The number of methoxy groups -OCH3 is 2. The van der Waals surface area contributed by atoms with E-state index in [2.05, 4.69) is 12.2 Å². The minimum atomic E-state index is -0.137. The van der Waals surface area contributed by atoms with Crippen LogP contribution in [-0.4, -0.2) is 44.1 Å². The molecule has 84 valence electrons. The normalized spacial score (nSPS) is 25.3. The first-order chi connectivity index (χ1) is 6.77. The summed E-state index contributed by atoms with van der Waals surface area (Å²) in [4.78, 5) is 0. The summed E-state index contributed by atoms with van der Waals surface area (Å²) in [5, 5.41) is 3.55. The molecule has 3 nitrogen and oxygen atoms in total. The van der Waals surface area contributed by atoms with E-state index < -0.39 is 0 Å². The summed E-state index contributed by atoms with van der Waals surface area (Å²) in [6, 6.07) is 0.880. The SMILES string of the molecule is COC(OC)C(C)NC1CCCSC1. The summed E-state index contributed by atoms with van der Waals surface area (Å²) in [6.07, 6.45) is 2.46. The van der Waals surface area contributed by atoms with Crippen molar-refractivity contribution in [2.75, 3.05) is 25.7 Å². The topological polar surface area (TPSA) is 30.5 Å². The van der Waals surface area contributed by atoms with Crippen LogP contribution in [0.1, 0.15) is 19.8 Å². The number of nitrogens with one attached hydrogen (secondary N) is 1. The van der Waals surface area contributed by atoms with Crippen molar-refractivity contribution in [2.24, 2.45) is 0 Å². The van der Waals surface area contributed by atoms with Crippen molar-refractivity contribution in [3.63, 3.8) is 0 Å². The Balaban J connectivity index is 2.26. The Morgan fingerprint density at radius 1 is 1.36 bits per heavy atom. The van der Waals surface area contributed by atoms with Crippen LogP contribution in [0.4, 0.5) is 0 Å². The summed E-state index contributed by atoms with van der Waals surface area (Å²) >= 11 is 2.03. The maximum atomic E-state index is 5.21. The van der Waals surface area contributed by atoms with Crippen LogP contribution in [0.3, 0.4) is 0 Å². The van der Waals surface area contributed by atoms with Crippen molar-refractivity contribution >= 4 is 11.8 Å². The van der Waals surface area contributed by atoms with E-state index in [4.69, 9.17) is 9.47 Å². The van der Waals surface area contributed by atoms with Gasteiger partial charge in [-0.05, 0) is 25.5 Å². The molecule has 14 heavy (non-hydrogen) atoms. The lowest BCUT2D eigenvalue weighted by Gasteiger charge is -2.29. The fourth-order valence-electron chi connectivity index (χ4n) is 1.83. The van der Waals surface area contributed by atoms with Gasteiger partial charge < -0.3 is 14.8 Å². The molecule has 0 aromatic rings. The average molecular weight is 219 g/mol. The molecule has 0 saturated carbocycles. The molecule has 2 unspecified atom stereocenters. The van der Waals surface area contributed by atoms with E-state index in [-0.39, 0.29) is 12.3 Å². The maximum Gasteiger partial charge on any atom is 0.171 e. The quantitative estimate of drug-likeness (QED) is 0.710. The molecule has 1 N–H and O–H groups in total. The molecule has 0 bridgehead atoms. The van der Waals surface area contributed by atoms with Crippen LogP contribution < -0.4 is 5.32 Å². The Kier molecular flexibility index (Phi) is 5.86. The summed E-state index contributed by atoms with van der Waals surface area (Å²) in [6.45, 7) is 2.11. The number of thioether (sulfide) groups is 1. The predicted molar refractivity (Wildman–Crippen MR) is 60.8 cm³/mol. The van der Waals surface area contributed by atoms with Crippen molar-refractivity contribution < 1.29 is 9.47 Å². The van der Waals surface area contributed by atoms with E-state index in [9.17, 15) is 0 Å². The van der Waals surface area contributed by atoms with Gasteiger partial charge in [0.1, 0.15) is 0 Å². The van der Waals surface area contributed by atoms with Gasteiger partial charge in [0.25, 0.3) is 0 Å². The smallest absolute Gasteiger partial charge is 0.171 e. The maximum absolute atomic E-state index is 5.21. The van der Waals surface area contributed by atoms with Crippen LogP contribution in [0, 0.1) is 0 Å². The van der Waals surface area contributed by atoms with Gasteiger partial charge in [0.2, 0.25) is 0 Å². The molecule has 4 heteroatoms. The largest absolute Gasteiger partial charge is 0.354 e. The minimum Gasteiger partial charge on any atom is -0.354 e. The predicted octanol–water partition coefficient (Wildman–Crippen LogP) is 1.48. The van der Waals surface area contributed by atoms with Gasteiger partial charge >= 0.3 is 0 Å². The lowest BCUT2D eigenvalue weighted by atomic mass is 10.1. The zero-order valence-corrected chi connectivity index (χ0v) is 10.1. The van der Waals surface area contributed by atoms with E-state index >= 15 is 0 Å². The monoisotopic (exact) mass is 219 g/mol. The second kappa shape index (κ2) is 6.67. The summed E-state index contributed by atoms with van der Waals surface area (Å²) in [5.41, 5.74) is 0. The van der Waals surface area contributed by atoms with Crippen molar-refractivity contribution in [1.82, 2.24) is 5.32 Å². The highest BCUT2D eigenvalue weighted by atomic mass is 32.2. The highest BCUT2D eigenvalue weighted by Gasteiger charge is 2.21. The van der Waals surface area contributed by atoms with Crippen LogP contribution in [0.25, 0.3) is 0 Å². The molecule has 0 aromatic carbocycles. The van der Waals surface area contributed by atoms with Gasteiger partial charge in [-0.25, -0.2) is 0 Å². The van der Waals surface area contributed by atoms with Crippen molar-refractivity contribution in [2.45, 2.75) is 38.1 Å². The lowest BCUT2D eigenvalue weighted by Crippen LogP contribution is -2.46. The number of hydrogen-bond donors (Lipinski definition) is 1. The molecule has 2 atom stereocenters. The van der Waals surface area contributed by atoms with Crippen molar-refractivity contribution in [3.8, 4) is 0 Å². The molecular formula is C10H21NO2S. The van der Waals surface area contributed by atoms with Gasteiger partial charge in [-0.3, -0.25) is 0 Å². The minimum absolute atomic E-state index is 0.137. The fraction of sp³-hybridized carbons (Fsp3) is 1.00. The molecular weight excluding hydrogens is 198 g/mol. The first kappa shape index (κ1) is 12.3. The van der Waals surface area contributed by atoms with Crippen LogP contribution in [0.15, 0.2) is 0 Å². The van der Waals surface area contributed by atoms with Gasteiger partial charge in [0, 0.05) is 26.0 Å². The Bertz CT molecular complexity index is 147. The number of hydrogen-bond acceptors (Lipinski definition) is 4. The third-order valence-electron chi connectivity index (χ3n) is 2.53. The highest BCUT2D eigenvalue weighted by molar-refractivity contribution is 7.99. The van der Waals surface area contributed by atoms with Gasteiger partial charge in [-0.2, -0.15) is 11.8 Å². The second-order valence-corrected chi connectivity index (χ2v) is 4.86. The molecule has 1 rings (SSSR count). The molecule has 1 aliphatic heterocycles. The number of rotatable bonds is 5. The number of ether oxygens (including phenoxy) is 2. The van der Waals surface area contributed by atoms with Crippen LogP contribution >= 0.6 is 11.8 Å². The Morgan fingerprint density at radius 2 is 2.07 bits per heavy atom. The first-order valence-corrected chi connectivity index (χ1v) is 6.32. The van der Waals surface area contributed by atoms with E-state index in [0.29, 0.717) is 6.04 Å². The summed E-state index contributed by atoms with van der Waals surface area (Å²) in [5.74, 6) is 2.52. The Hall–Kier alpha value is 0.230. The Morgan fingerprint density at radius 3 is 2.57 bits per heavy atom.